The van der Waals surface area contributed by atoms with Crippen molar-refractivity contribution < 1.29 is 24.5 Å². The molecule has 0 fully saturated rings. The van der Waals surface area contributed by atoms with Gasteiger partial charge in [-0.15, -0.1) is 0 Å². The quantitative estimate of drug-likeness (QED) is 0.0320. The predicted octanol–water partition coefficient (Wildman–Crippen LogP) is 30.1. The van der Waals surface area contributed by atoms with E-state index in [1.807, 2.05) is 0 Å². The molecular weight excluding hydrogens is 1190 g/mol. The van der Waals surface area contributed by atoms with Crippen LogP contribution in [0.15, 0.2) is 36.5 Å². The maximum absolute atomic E-state index is 12.6. The number of carbonyl (C=O) groups is 2. The standard InChI is InChI=1S/C91H175NO5/c1-3-5-7-9-11-13-15-17-19-21-23-24-25-41-44-48-51-55-59-63-67-71-75-79-83-89(94)88(87-93)92-90(95)84-80-76-72-68-64-60-56-52-49-45-42-39-37-35-33-31-29-27-26-28-30-32-34-36-38-40-43-46-50-54-58-62-66-70-74-78-82-86-97-91(96)85-81-77-73-69-65-61-57-53-47-22-20-18-16-14-12-10-8-6-4-2/h18,20,26,28,32,34,88-89,93-94H,3-17,19,21-25,27,29-31,33,35-87H2,1-2H3,(H,92,95)/b20-18-,28-26-,34-32-. The van der Waals surface area contributed by atoms with Crippen LogP contribution in [0.25, 0.3) is 0 Å². The molecule has 0 rings (SSSR count). The maximum atomic E-state index is 12.6. The van der Waals surface area contributed by atoms with Crippen LogP contribution in [-0.2, 0) is 14.3 Å². The first kappa shape index (κ1) is 95.1. The van der Waals surface area contributed by atoms with E-state index in [1.54, 1.807) is 0 Å². The monoisotopic (exact) mass is 1360 g/mol. The van der Waals surface area contributed by atoms with Crippen molar-refractivity contribution >= 4 is 11.9 Å². The molecule has 0 saturated carbocycles. The van der Waals surface area contributed by atoms with Crippen LogP contribution in [0.3, 0.4) is 0 Å². The SMILES string of the molecule is CCCCCCCC/C=C\CCCCCCCCCCCC(=O)OCCCCCCCCCCCCCCC/C=C\C/C=C\CCCCCCCCCCCCCCCCCCCC(=O)NC(CO)C(O)CCCCCCCCCCCCCCCCCCCCCCCCCC. The van der Waals surface area contributed by atoms with Gasteiger partial charge in [0.05, 0.1) is 25.4 Å². The van der Waals surface area contributed by atoms with Crippen LogP contribution in [0.5, 0.6) is 0 Å². The van der Waals surface area contributed by atoms with Crippen molar-refractivity contribution in [3.63, 3.8) is 0 Å². The lowest BCUT2D eigenvalue weighted by atomic mass is 10.0. The average molecular weight is 1360 g/mol. The number of hydrogen-bond donors (Lipinski definition) is 3. The van der Waals surface area contributed by atoms with Gasteiger partial charge in [-0.1, -0.05) is 448 Å². The Labute approximate surface area is 608 Å². The number of unbranched alkanes of at least 4 members (excludes halogenated alkanes) is 68. The van der Waals surface area contributed by atoms with Crippen LogP contribution >= 0.6 is 0 Å². The van der Waals surface area contributed by atoms with Crippen molar-refractivity contribution in [3.05, 3.63) is 36.5 Å². The Morgan fingerprint density at radius 2 is 0.515 bits per heavy atom. The normalized spacial score (nSPS) is 12.6. The molecule has 6 nitrogen and oxygen atoms in total. The topological polar surface area (TPSA) is 95.9 Å². The van der Waals surface area contributed by atoms with E-state index in [0.717, 1.165) is 44.9 Å². The number of esters is 1. The third kappa shape index (κ3) is 82.9. The van der Waals surface area contributed by atoms with Crippen molar-refractivity contribution in [2.24, 2.45) is 0 Å². The molecule has 97 heavy (non-hydrogen) atoms. The molecule has 574 valence electrons. The van der Waals surface area contributed by atoms with Gasteiger partial charge in [-0.3, -0.25) is 9.59 Å². The summed E-state index contributed by atoms with van der Waals surface area (Å²) < 4.78 is 5.52. The summed E-state index contributed by atoms with van der Waals surface area (Å²) in [5, 5.41) is 23.5. The Kier molecular flexibility index (Phi) is 84.8. The first-order chi connectivity index (χ1) is 48.0. The van der Waals surface area contributed by atoms with Gasteiger partial charge in [-0.05, 0) is 83.5 Å². The van der Waals surface area contributed by atoms with E-state index < -0.39 is 12.1 Å². The highest BCUT2D eigenvalue weighted by molar-refractivity contribution is 5.76. The fourth-order valence-electron chi connectivity index (χ4n) is 14.4. The average Bonchev–Trinajstić information content (AvgIpc) is 3.77. The third-order valence-electron chi connectivity index (χ3n) is 21.2. The number of nitrogens with one attached hydrogen (secondary N) is 1. The van der Waals surface area contributed by atoms with Gasteiger partial charge in [0.2, 0.25) is 5.91 Å². The number of carbonyl (C=O) groups excluding carboxylic acids is 2. The molecule has 0 aliphatic carbocycles. The minimum absolute atomic E-state index is 0.0195. The Morgan fingerprint density at radius 3 is 0.794 bits per heavy atom. The molecule has 6 heteroatoms. The first-order valence-electron chi connectivity index (χ1n) is 44.7. The summed E-state index contributed by atoms with van der Waals surface area (Å²) in [6.45, 7) is 5.01. The largest absolute Gasteiger partial charge is 0.466 e. The van der Waals surface area contributed by atoms with E-state index in [4.69, 9.17) is 4.74 Å². The smallest absolute Gasteiger partial charge is 0.305 e. The van der Waals surface area contributed by atoms with Crippen molar-refractivity contribution in [1.29, 1.82) is 0 Å². The highest BCUT2D eigenvalue weighted by Crippen LogP contribution is 2.21. The Morgan fingerprint density at radius 1 is 0.289 bits per heavy atom. The van der Waals surface area contributed by atoms with E-state index >= 15 is 0 Å². The molecule has 0 aromatic carbocycles. The fourth-order valence-corrected chi connectivity index (χ4v) is 14.4. The summed E-state index contributed by atoms with van der Waals surface area (Å²) in [6.07, 6.45) is 114. The molecule has 0 radical (unpaired) electrons. The first-order valence-corrected chi connectivity index (χ1v) is 44.7. The molecule has 0 aliphatic heterocycles. The Bertz CT molecular complexity index is 1570. The summed E-state index contributed by atoms with van der Waals surface area (Å²) in [5.41, 5.74) is 0. The Balaban J connectivity index is 3.35. The van der Waals surface area contributed by atoms with Gasteiger partial charge in [-0.2, -0.15) is 0 Å². The zero-order chi connectivity index (χ0) is 69.8. The van der Waals surface area contributed by atoms with Crippen molar-refractivity contribution in [2.75, 3.05) is 13.2 Å². The molecule has 2 unspecified atom stereocenters. The van der Waals surface area contributed by atoms with Gasteiger partial charge >= 0.3 is 5.97 Å². The maximum Gasteiger partial charge on any atom is 0.305 e. The van der Waals surface area contributed by atoms with Gasteiger partial charge in [-0.25, -0.2) is 0 Å². The zero-order valence-corrected chi connectivity index (χ0v) is 66.1. The molecular formula is C91H175NO5. The number of allylic oxidation sites excluding steroid dienone is 6. The molecule has 0 bridgehead atoms. The predicted molar refractivity (Wildman–Crippen MR) is 430 cm³/mol. The van der Waals surface area contributed by atoms with Crippen LogP contribution in [0.4, 0.5) is 0 Å². The molecule has 0 spiro atoms. The summed E-state index contributed by atoms with van der Waals surface area (Å²) in [4.78, 5) is 24.7. The number of aliphatic hydroxyl groups is 2. The van der Waals surface area contributed by atoms with Gasteiger partial charge in [0, 0.05) is 12.8 Å². The van der Waals surface area contributed by atoms with Gasteiger partial charge in [0.1, 0.15) is 0 Å². The minimum atomic E-state index is -0.664. The van der Waals surface area contributed by atoms with Crippen molar-refractivity contribution in [2.45, 2.75) is 520 Å². The lowest BCUT2D eigenvalue weighted by molar-refractivity contribution is -0.143. The lowest BCUT2D eigenvalue weighted by Crippen LogP contribution is -2.45. The van der Waals surface area contributed by atoms with E-state index in [-0.39, 0.29) is 18.5 Å². The van der Waals surface area contributed by atoms with E-state index in [2.05, 4.69) is 55.6 Å². The van der Waals surface area contributed by atoms with Gasteiger partial charge < -0.3 is 20.3 Å². The second kappa shape index (κ2) is 86.5. The molecule has 0 heterocycles. The number of rotatable bonds is 85. The van der Waals surface area contributed by atoms with Gasteiger partial charge in [0.15, 0.2) is 0 Å². The summed E-state index contributed by atoms with van der Waals surface area (Å²) in [6, 6.07) is -0.541. The van der Waals surface area contributed by atoms with Crippen LogP contribution in [0.2, 0.25) is 0 Å². The third-order valence-corrected chi connectivity index (χ3v) is 21.2. The Hall–Kier alpha value is -1.92. The fraction of sp³-hybridized carbons (Fsp3) is 0.912. The number of amides is 1. The number of aliphatic hydroxyl groups excluding tert-OH is 2. The van der Waals surface area contributed by atoms with Crippen LogP contribution in [0.1, 0.15) is 508 Å². The highest BCUT2D eigenvalue weighted by Gasteiger charge is 2.20. The highest BCUT2D eigenvalue weighted by atomic mass is 16.5. The molecule has 1 amide bonds. The zero-order valence-electron chi connectivity index (χ0n) is 66.1. The van der Waals surface area contributed by atoms with Crippen molar-refractivity contribution in [3.8, 4) is 0 Å². The lowest BCUT2D eigenvalue weighted by Gasteiger charge is -2.22. The molecule has 2 atom stereocenters. The van der Waals surface area contributed by atoms with Crippen LogP contribution in [-0.4, -0.2) is 47.4 Å². The summed E-state index contributed by atoms with van der Waals surface area (Å²) in [7, 11) is 0. The van der Waals surface area contributed by atoms with E-state index in [9.17, 15) is 19.8 Å². The second-order valence-corrected chi connectivity index (χ2v) is 30.9. The summed E-state index contributed by atoms with van der Waals surface area (Å²) >= 11 is 0. The van der Waals surface area contributed by atoms with E-state index in [1.165, 1.54) is 430 Å². The summed E-state index contributed by atoms with van der Waals surface area (Å²) in [5.74, 6) is -0.00664. The molecule has 0 aromatic heterocycles. The molecule has 0 aliphatic rings. The van der Waals surface area contributed by atoms with E-state index in [0.29, 0.717) is 25.9 Å². The molecule has 0 saturated heterocycles. The molecule has 0 aromatic rings. The second-order valence-electron chi connectivity index (χ2n) is 30.9. The van der Waals surface area contributed by atoms with Crippen LogP contribution in [0, 0.1) is 0 Å². The van der Waals surface area contributed by atoms with Crippen molar-refractivity contribution in [1.82, 2.24) is 5.32 Å². The minimum Gasteiger partial charge on any atom is -0.466 e. The van der Waals surface area contributed by atoms with Crippen LogP contribution < -0.4 is 5.32 Å². The number of ether oxygens (including phenoxy) is 1. The number of hydrogen-bond acceptors (Lipinski definition) is 5. The van der Waals surface area contributed by atoms with Gasteiger partial charge in [0.25, 0.3) is 0 Å². The molecule has 3 N–H and O–H groups in total.